The molecule has 11 rings (SSSR count). The van der Waals surface area contributed by atoms with Gasteiger partial charge in [0, 0.05) is 55.2 Å². The lowest BCUT2D eigenvalue weighted by atomic mass is 9.91. The van der Waals surface area contributed by atoms with Gasteiger partial charge in [-0.3, -0.25) is 0 Å². The molecule has 274 valence electrons. The molecule has 0 aliphatic rings. The third-order valence-corrected chi connectivity index (χ3v) is 11.6. The Labute approximate surface area is 337 Å². The zero-order valence-corrected chi connectivity index (χ0v) is 32.3. The van der Waals surface area contributed by atoms with Crippen molar-refractivity contribution >= 4 is 43.6 Å². The zero-order chi connectivity index (χ0) is 38.7. The van der Waals surface area contributed by atoms with Crippen molar-refractivity contribution in [1.29, 1.82) is 0 Å². The van der Waals surface area contributed by atoms with Gasteiger partial charge in [-0.15, -0.1) is 0 Å². The lowest BCUT2D eigenvalue weighted by molar-refractivity contribution is 1.15. The van der Waals surface area contributed by atoms with E-state index < -0.39 is 0 Å². The van der Waals surface area contributed by atoms with Crippen LogP contribution in [0.5, 0.6) is 0 Å². The molecular formula is C54H38N4. The van der Waals surface area contributed by atoms with E-state index in [2.05, 4.69) is 193 Å². The Bertz CT molecular complexity index is 3280. The van der Waals surface area contributed by atoms with Gasteiger partial charge in [0.25, 0.3) is 0 Å². The highest BCUT2D eigenvalue weighted by atomic mass is 15.0. The number of fused-ring (bicyclic) bond motifs is 7. The van der Waals surface area contributed by atoms with Gasteiger partial charge in [-0.2, -0.15) is 0 Å². The molecule has 11 aromatic rings. The lowest BCUT2D eigenvalue weighted by Crippen LogP contribution is -2.01. The molecule has 0 aliphatic heterocycles. The van der Waals surface area contributed by atoms with E-state index in [0.29, 0.717) is 5.82 Å². The van der Waals surface area contributed by atoms with Crippen molar-refractivity contribution in [2.24, 2.45) is 0 Å². The summed E-state index contributed by atoms with van der Waals surface area (Å²) in [6.07, 6.45) is 0. The smallest absolute Gasteiger partial charge is 0.160 e. The van der Waals surface area contributed by atoms with Gasteiger partial charge >= 0.3 is 0 Å². The largest absolute Gasteiger partial charge is 0.309 e. The van der Waals surface area contributed by atoms with E-state index >= 15 is 0 Å². The maximum Gasteiger partial charge on any atom is 0.160 e. The maximum atomic E-state index is 5.21. The molecule has 4 heteroatoms. The van der Waals surface area contributed by atoms with E-state index in [-0.39, 0.29) is 0 Å². The quantitative estimate of drug-likeness (QED) is 0.170. The predicted octanol–water partition coefficient (Wildman–Crippen LogP) is 14.0. The molecule has 3 aromatic heterocycles. The number of nitrogens with zero attached hydrogens (tertiary/aromatic N) is 4. The number of aromatic nitrogens is 4. The standard InChI is InChI=1S/C54H38N4/c1-35-19-12-13-28-42(35)49-36(2)52-50(51-44-30-15-16-31-47(44)57(53(49)51)40-25-10-5-11-26-40)43-29-14-17-32-48(43)58(52)41-27-18-24-39(33-41)46-34-45(37-20-6-3-7-21-37)55-54(56-46)38-22-8-4-9-23-38/h3-34H,1-2H3. The van der Waals surface area contributed by atoms with Crippen LogP contribution in [0.2, 0.25) is 0 Å². The second-order valence-electron chi connectivity index (χ2n) is 15.0. The first kappa shape index (κ1) is 33.8. The van der Waals surface area contributed by atoms with Gasteiger partial charge in [-0.25, -0.2) is 9.97 Å². The van der Waals surface area contributed by atoms with Crippen molar-refractivity contribution in [2.45, 2.75) is 13.8 Å². The number of hydrogen-bond donors (Lipinski definition) is 0. The number of rotatable bonds is 6. The summed E-state index contributed by atoms with van der Waals surface area (Å²) < 4.78 is 4.96. The average Bonchev–Trinajstić information content (AvgIpc) is 3.81. The molecule has 0 radical (unpaired) electrons. The highest BCUT2D eigenvalue weighted by molar-refractivity contribution is 6.32. The summed E-state index contributed by atoms with van der Waals surface area (Å²) in [6, 6.07) is 69.0. The van der Waals surface area contributed by atoms with Crippen LogP contribution in [0, 0.1) is 13.8 Å². The Kier molecular flexibility index (Phi) is 7.90. The Morgan fingerprint density at radius 2 is 0.897 bits per heavy atom. The monoisotopic (exact) mass is 742 g/mol. The summed E-state index contributed by atoms with van der Waals surface area (Å²) in [5.41, 5.74) is 16.8. The molecule has 0 bridgehead atoms. The summed E-state index contributed by atoms with van der Waals surface area (Å²) in [4.78, 5) is 10.3. The summed E-state index contributed by atoms with van der Waals surface area (Å²) >= 11 is 0. The van der Waals surface area contributed by atoms with E-state index in [9.17, 15) is 0 Å². The Balaban J connectivity index is 1.25. The van der Waals surface area contributed by atoms with Crippen LogP contribution < -0.4 is 0 Å². The molecule has 4 nitrogen and oxygen atoms in total. The molecule has 58 heavy (non-hydrogen) atoms. The van der Waals surface area contributed by atoms with Crippen molar-refractivity contribution < 1.29 is 0 Å². The second kappa shape index (κ2) is 13.6. The van der Waals surface area contributed by atoms with Gasteiger partial charge in [0.05, 0.1) is 33.5 Å². The SMILES string of the molecule is Cc1ccccc1-c1c(C)c2c(c3ccccc3n2-c2cccc(-c3cc(-c4ccccc4)nc(-c4ccccc4)n3)c2)c2c3ccccc3n(-c3ccccc3)c12. The van der Waals surface area contributed by atoms with Crippen LogP contribution in [-0.2, 0) is 0 Å². The number of para-hydroxylation sites is 3. The van der Waals surface area contributed by atoms with E-state index in [1.807, 2.05) is 24.3 Å². The van der Waals surface area contributed by atoms with Crippen LogP contribution in [0.3, 0.4) is 0 Å². The maximum absolute atomic E-state index is 5.21. The molecule has 0 atom stereocenters. The van der Waals surface area contributed by atoms with Gasteiger partial charge < -0.3 is 9.13 Å². The van der Waals surface area contributed by atoms with Crippen molar-refractivity contribution in [1.82, 2.24) is 19.1 Å². The molecule has 0 N–H and O–H groups in total. The molecule has 0 amide bonds. The summed E-state index contributed by atoms with van der Waals surface area (Å²) in [7, 11) is 0. The number of aryl methyl sites for hydroxylation is 2. The summed E-state index contributed by atoms with van der Waals surface area (Å²) in [5.74, 6) is 0.704. The topological polar surface area (TPSA) is 35.6 Å². The highest BCUT2D eigenvalue weighted by Gasteiger charge is 2.27. The summed E-state index contributed by atoms with van der Waals surface area (Å²) in [5, 5.41) is 4.99. The number of hydrogen-bond acceptors (Lipinski definition) is 2. The van der Waals surface area contributed by atoms with E-state index in [4.69, 9.17) is 9.97 Å². The van der Waals surface area contributed by atoms with Crippen molar-refractivity contribution in [3.63, 3.8) is 0 Å². The predicted molar refractivity (Wildman–Crippen MR) is 242 cm³/mol. The molecule has 0 aliphatic carbocycles. The van der Waals surface area contributed by atoms with Gasteiger partial charge in [-0.1, -0.05) is 152 Å². The molecule has 0 fully saturated rings. The molecule has 0 unspecified atom stereocenters. The van der Waals surface area contributed by atoms with Crippen molar-refractivity contribution in [2.75, 3.05) is 0 Å². The molecule has 0 saturated heterocycles. The van der Waals surface area contributed by atoms with Gasteiger partial charge in [0.2, 0.25) is 0 Å². The fraction of sp³-hybridized carbons (Fsp3) is 0.0370. The van der Waals surface area contributed by atoms with Crippen LogP contribution in [0.4, 0.5) is 0 Å². The van der Waals surface area contributed by atoms with Crippen LogP contribution in [0.1, 0.15) is 11.1 Å². The normalized spacial score (nSPS) is 11.6. The second-order valence-corrected chi connectivity index (χ2v) is 15.0. The molecule has 3 heterocycles. The molecule has 8 aromatic carbocycles. The van der Waals surface area contributed by atoms with Gasteiger partial charge in [0.15, 0.2) is 5.82 Å². The van der Waals surface area contributed by atoms with Crippen LogP contribution in [0.15, 0.2) is 194 Å². The molecule has 0 spiro atoms. The molecular weight excluding hydrogens is 705 g/mol. The average molecular weight is 743 g/mol. The highest BCUT2D eigenvalue weighted by Crippen LogP contribution is 2.49. The van der Waals surface area contributed by atoms with Crippen LogP contribution >= 0.6 is 0 Å². The Hall–Kier alpha value is -7.56. The molecule has 0 saturated carbocycles. The first-order valence-corrected chi connectivity index (χ1v) is 19.8. The fourth-order valence-electron chi connectivity index (χ4n) is 9.04. The Morgan fingerprint density at radius 1 is 0.397 bits per heavy atom. The lowest BCUT2D eigenvalue weighted by Gasteiger charge is -2.19. The van der Waals surface area contributed by atoms with Gasteiger partial charge in [0.1, 0.15) is 0 Å². The van der Waals surface area contributed by atoms with Crippen LogP contribution in [0.25, 0.3) is 100 Å². The van der Waals surface area contributed by atoms with E-state index in [1.54, 1.807) is 0 Å². The third kappa shape index (κ3) is 5.30. The zero-order valence-electron chi connectivity index (χ0n) is 32.3. The first-order chi connectivity index (χ1) is 28.6. The van der Waals surface area contributed by atoms with E-state index in [1.165, 1.54) is 60.3 Å². The van der Waals surface area contributed by atoms with Crippen LogP contribution in [-0.4, -0.2) is 19.1 Å². The van der Waals surface area contributed by atoms with Crippen molar-refractivity contribution in [3.8, 4) is 56.4 Å². The number of benzene rings is 8. The minimum absolute atomic E-state index is 0.704. The van der Waals surface area contributed by atoms with Gasteiger partial charge in [-0.05, 0) is 73.0 Å². The Morgan fingerprint density at radius 3 is 1.57 bits per heavy atom. The minimum atomic E-state index is 0.704. The van der Waals surface area contributed by atoms with E-state index in [0.717, 1.165) is 45.0 Å². The minimum Gasteiger partial charge on any atom is -0.309 e. The summed E-state index contributed by atoms with van der Waals surface area (Å²) in [6.45, 7) is 4.55. The first-order valence-electron chi connectivity index (χ1n) is 19.8. The van der Waals surface area contributed by atoms with Crippen molar-refractivity contribution in [3.05, 3.63) is 205 Å². The third-order valence-electron chi connectivity index (χ3n) is 11.6. The fourth-order valence-corrected chi connectivity index (χ4v) is 9.04.